The van der Waals surface area contributed by atoms with Gasteiger partial charge in [-0.05, 0) is 48.7 Å². The van der Waals surface area contributed by atoms with E-state index >= 15 is 0 Å². The number of nitrogens with one attached hydrogen (secondary N) is 2. The molecule has 1 unspecified atom stereocenters. The van der Waals surface area contributed by atoms with Crippen molar-refractivity contribution in [2.45, 2.75) is 38.8 Å². The van der Waals surface area contributed by atoms with E-state index in [1.54, 1.807) is 18.3 Å². The summed E-state index contributed by atoms with van der Waals surface area (Å²) in [6.07, 6.45) is 1.37. The normalized spacial score (nSPS) is 15.8. The van der Waals surface area contributed by atoms with Crippen LogP contribution in [0.15, 0.2) is 34.0 Å². The van der Waals surface area contributed by atoms with Gasteiger partial charge in [-0.25, -0.2) is 4.99 Å². The molecule has 2 aromatic rings. The van der Waals surface area contributed by atoms with Gasteiger partial charge in [-0.1, -0.05) is 6.07 Å². The van der Waals surface area contributed by atoms with Crippen LogP contribution in [0.1, 0.15) is 35.6 Å². The lowest BCUT2D eigenvalue weighted by Crippen LogP contribution is -2.41. The summed E-state index contributed by atoms with van der Waals surface area (Å²) in [6.45, 7) is 6.76. The second kappa shape index (κ2) is 11.3. The lowest BCUT2D eigenvalue weighted by atomic mass is 10.1. The molecule has 0 bridgehead atoms. The fraction of sp³-hybridized carbons (Fsp3) is 0.500. The molecule has 160 valence electrons. The third kappa shape index (κ3) is 6.66. The Kier molecular flexibility index (Phi) is 9.38. The maximum atomic E-state index is 12.5. The van der Waals surface area contributed by atoms with Crippen molar-refractivity contribution >= 4 is 58.5 Å². The molecule has 0 saturated carbocycles. The second-order valence-corrected chi connectivity index (χ2v) is 9.01. The number of thiophene rings is 2. The zero-order valence-electron chi connectivity index (χ0n) is 16.8. The zero-order chi connectivity index (χ0) is 20.0. The Morgan fingerprint density at radius 1 is 1.31 bits per heavy atom. The summed E-state index contributed by atoms with van der Waals surface area (Å²) >= 11 is 3.30. The van der Waals surface area contributed by atoms with Crippen molar-refractivity contribution in [3.05, 3.63) is 44.3 Å². The van der Waals surface area contributed by atoms with Gasteiger partial charge in [0.1, 0.15) is 5.60 Å². The Hall–Kier alpha value is -1.17. The quantitative estimate of drug-likeness (QED) is 0.282. The monoisotopic (exact) mass is 548 g/mol. The molecule has 0 saturated heterocycles. The van der Waals surface area contributed by atoms with Crippen LogP contribution in [0.4, 0.5) is 0 Å². The number of guanidine groups is 1. The number of hydrogen-bond donors (Lipinski definition) is 3. The molecule has 3 N–H and O–H groups in total. The maximum absolute atomic E-state index is 12.5. The number of aliphatic hydroxyl groups is 1. The topological polar surface area (TPSA) is 77.0 Å². The van der Waals surface area contributed by atoms with Crippen LogP contribution in [-0.2, 0) is 23.4 Å². The van der Waals surface area contributed by atoms with Gasteiger partial charge in [-0.2, -0.15) is 0 Å². The molecular formula is C20H29IN4O2S2. The van der Waals surface area contributed by atoms with Crippen molar-refractivity contribution in [1.82, 2.24) is 15.5 Å². The molecule has 1 aliphatic rings. The molecule has 29 heavy (non-hydrogen) atoms. The number of rotatable bonds is 7. The van der Waals surface area contributed by atoms with E-state index in [1.165, 1.54) is 21.8 Å². The summed E-state index contributed by atoms with van der Waals surface area (Å²) < 4.78 is 0. The summed E-state index contributed by atoms with van der Waals surface area (Å²) in [5, 5.41) is 21.1. The molecule has 1 atom stereocenters. The van der Waals surface area contributed by atoms with E-state index in [0.29, 0.717) is 25.5 Å². The van der Waals surface area contributed by atoms with Gasteiger partial charge in [0.25, 0.3) is 0 Å². The zero-order valence-corrected chi connectivity index (χ0v) is 20.8. The number of carbonyl (C=O) groups excluding carboxylic acids is 1. The minimum atomic E-state index is -1.00. The molecule has 0 aliphatic carbocycles. The molecule has 3 heterocycles. The summed E-state index contributed by atoms with van der Waals surface area (Å²) in [7, 11) is 0. The van der Waals surface area contributed by atoms with E-state index in [9.17, 15) is 9.90 Å². The Bertz CT molecular complexity index is 805. The molecule has 0 radical (unpaired) electrons. The second-order valence-electron chi connectivity index (χ2n) is 7.06. The smallest absolute Gasteiger partial charge is 0.224 e. The molecule has 2 aromatic heterocycles. The highest BCUT2D eigenvalue weighted by atomic mass is 127. The molecule has 1 amide bonds. The van der Waals surface area contributed by atoms with Gasteiger partial charge < -0.3 is 20.6 Å². The lowest BCUT2D eigenvalue weighted by Gasteiger charge is -2.27. The van der Waals surface area contributed by atoms with Crippen LogP contribution in [0.2, 0.25) is 0 Å². The standard InChI is InChI=1S/C20H28N4O2S2.HI/c1-3-21-19(23-14-20(2,26)17-5-4-11-28-17)22-9-6-18(25)24-10-7-16-15(13-24)8-12-27-16;/h4-5,8,11-12,26H,3,6-7,9-10,13-14H2,1-2H3,(H2,21,22,23);1H. The summed E-state index contributed by atoms with van der Waals surface area (Å²) in [4.78, 5) is 21.3. The molecule has 6 nitrogen and oxygen atoms in total. The third-order valence-electron chi connectivity index (χ3n) is 4.73. The minimum absolute atomic E-state index is 0. The first-order valence-electron chi connectivity index (χ1n) is 9.61. The molecule has 0 aromatic carbocycles. The van der Waals surface area contributed by atoms with Crippen molar-refractivity contribution in [3.8, 4) is 0 Å². The highest BCUT2D eigenvalue weighted by Crippen LogP contribution is 2.25. The molecule has 9 heteroatoms. The van der Waals surface area contributed by atoms with E-state index in [1.807, 2.05) is 29.3 Å². The van der Waals surface area contributed by atoms with Gasteiger partial charge in [0.05, 0.1) is 6.54 Å². The van der Waals surface area contributed by atoms with Crippen LogP contribution in [0.5, 0.6) is 0 Å². The van der Waals surface area contributed by atoms with Crippen LogP contribution >= 0.6 is 46.7 Å². The Balaban J connectivity index is 0.00000300. The van der Waals surface area contributed by atoms with Gasteiger partial charge in [0.2, 0.25) is 5.91 Å². The average molecular weight is 549 g/mol. The summed E-state index contributed by atoms with van der Waals surface area (Å²) in [5.74, 6) is 0.775. The first-order valence-corrected chi connectivity index (χ1v) is 11.4. The first-order chi connectivity index (χ1) is 13.5. The number of fused-ring (bicyclic) bond motifs is 1. The fourth-order valence-electron chi connectivity index (χ4n) is 3.14. The maximum Gasteiger partial charge on any atom is 0.224 e. The van der Waals surface area contributed by atoms with Crippen molar-refractivity contribution in [3.63, 3.8) is 0 Å². The average Bonchev–Trinajstić information content (AvgIpc) is 3.37. The third-order valence-corrected chi connectivity index (χ3v) is 6.88. The molecule has 3 rings (SSSR count). The van der Waals surface area contributed by atoms with Crippen molar-refractivity contribution in [2.24, 2.45) is 4.99 Å². The SMILES string of the molecule is CCNC(=NCC(C)(O)c1cccs1)NCCC(=O)N1CCc2sccc2C1.I. The van der Waals surface area contributed by atoms with E-state index in [4.69, 9.17) is 0 Å². The first kappa shape index (κ1) is 24.1. The van der Waals surface area contributed by atoms with E-state index in [0.717, 1.165) is 24.4 Å². The largest absolute Gasteiger partial charge is 0.383 e. The van der Waals surface area contributed by atoms with Crippen LogP contribution in [0.25, 0.3) is 0 Å². The van der Waals surface area contributed by atoms with Crippen molar-refractivity contribution < 1.29 is 9.90 Å². The number of carbonyl (C=O) groups is 1. The predicted octanol–water partition coefficient (Wildman–Crippen LogP) is 3.17. The lowest BCUT2D eigenvalue weighted by molar-refractivity contribution is -0.131. The molecule has 0 fully saturated rings. The number of hydrogen-bond acceptors (Lipinski definition) is 5. The van der Waals surface area contributed by atoms with E-state index < -0.39 is 5.60 Å². The Morgan fingerprint density at radius 3 is 2.86 bits per heavy atom. The number of amides is 1. The number of nitrogens with zero attached hydrogens (tertiary/aromatic N) is 2. The molecular weight excluding hydrogens is 519 g/mol. The van der Waals surface area contributed by atoms with Crippen molar-refractivity contribution in [1.29, 1.82) is 0 Å². The number of halogens is 1. The van der Waals surface area contributed by atoms with Crippen LogP contribution in [0.3, 0.4) is 0 Å². The highest BCUT2D eigenvalue weighted by molar-refractivity contribution is 14.0. The fourth-order valence-corrected chi connectivity index (χ4v) is 4.81. The number of aliphatic imine (C=N–C) groups is 1. The predicted molar refractivity (Wildman–Crippen MR) is 131 cm³/mol. The molecule has 1 aliphatic heterocycles. The summed E-state index contributed by atoms with van der Waals surface area (Å²) in [6, 6.07) is 5.96. The van der Waals surface area contributed by atoms with E-state index in [-0.39, 0.29) is 36.4 Å². The van der Waals surface area contributed by atoms with Gasteiger partial charge >= 0.3 is 0 Å². The van der Waals surface area contributed by atoms with Gasteiger partial charge in [-0.3, -0.25) is 4.79 Å². The van der Waals surface area contributed by atoms with Crippen molar-refractivity contribution in [2.75, 3.05) is 26.2 Å². The Labute approximate surface area is 197 Å². The molecule has 0 spiro atoms. The summed E-state index contributed by atoms with van der Waals surface area (Å²) in [5.41, 5.74) is 0.279. The van der Waals surface area contributed by atoms with Crippen LogP contribution < -0.4 is 10.6 Å². The minimum Gasteiger partial charge on any atom is -0.383 e. The highest BCUT2D eigenvalue weighted by Gasteiger charge is 2.24. The van der Waals surface area contributed by atoms with E-state index in [2.05, 4.69) is 27.1 Å². The Morgan fingerprint density at radius 2 is 2.14 bits per heavy atom. The van der Waals surface area contributed by atoms with Gasteiger partial charge in [0, 0.05) is 42.4 Å². The van der Waals surface area contributed by atoms with Gasteiger partial charge in [-0.15, -0.1) is 46.7 Å². The van der Waals surface area contributed by atoms with Gasteiger partial charge in [0.15, 0.2) is 5.96 Å². The van der Waals surface area contributed by atoms with Crippen LogP contribution in [-0.4, -0.2) is 48.1 Å². The van der Waals surface area contributed by atoms with Crippen LogP contribution in [0, 0.1) is 0 Å².